The Balaban J connectivity index is 0.00000341. The van der Waals surface area contributed by atoms with E-state index in [-0.39, 0.29) is 35.7 Å². The number of benzene rings is 2. The van der Waals surface area contributed by atoms with Crippen molar-refractivity contribution >= 4 is 35.6 Å². The van der Waals surface area contributed by atoms with E-state index in [1.807, 2.05) is 48.1 Å². The first-order valence-corrected chi connectivity index (χ1v) is 9.33. The molecular formula is C21H23F3IN5O. The van der Waals surface area contributed by atoms with Crippen LogP contribution in [0.4, 0.5) is 18.9 Å². The maximum absolute atomic E-state index is 12.2. The average molecular weight is 545 g/mol. The number of alkyl halides is 3. The lowest BCUT2D eigenvalue weighted by atomic mass is 10.1. The van der Waals surface area contributed by atoms with Crippen LogP contribution in [0.25, 0.3) is 5.69 Å². The van der Waals surface area contributed by atoms with Crippen molar-refractivity contribution in [1.82, 2.24) is 9.78 Å². The number of aromatic nitrogens is 2. The van der Waals surface area contributed by atoms with Gasteiger partial charge in [0, 0.05) is 18.4 Å². The van der Waals surface area contributed by atoms with Crippen LogP contribution in [-0.4, -0.2) is 28.6 Å². The summed E-state index contributed by atoms with van der Waals surface area (Å²) in [5.74, 6) is -0.105. The van der Waals surface area contributed by atoms with Crippen LogP contribution in [-0.2, 0) is 6.42 Å². The Morgan fingerprint density at radius 3 is 2.45 bits per heavy atom. The number of hydrogen-bond acceptors (Lipinski definition) is 3. The van der Waals surface area contributed by atoms with Gasteiger partial charge in [-0.25, -0.2) is 4.68 Å². The van der Waals surface area contributed by atoms with Crippen LogP contribution in [0.5, 0.6) is 5.75 Å². The number of para-hydroxylation sites is 1. The average Bonchev–Trinajstić information content (AvgIpc) is 3.07. The van der Waals surface area contributed by atoms with Crippen molar-refractivity contribution in [3.63, 3.8) is 0 Å². The van der Waals surface area contributed by atoms with Crippen molar-refractivity contribution in [2.75, 3.05) is 11.9 Å². The maximum Gasteiger partial charge on any atom is 0.573 e. The number of nitrogens with one attached hydrogen (secondary N) is 1. The van der Waals surface area contributed by atoms with E-state index >= 15 is 0 Å². The van der Waals surface area contributed by atoms with Gasteiger partial charge < -0.3 is 15.8 Å². The number of ether oxygens (including phenoxy) is 1. The van der Waals surface area contributed by atoms with Crippen LogP contribution < -0.4 is 15.8 Å². The highest BCUT2D eigenvalue weighted by atomic mass is 127. The fraction of sp³-hybridized carbons (Fsp3) is 0.238. The van der Waals surface area contributed by atoms with E-state index in [1.54, 1.807) is 0 Å². The minimum absolute atomic E-state index is 0. The van der Waals surface area contributed by atoms with Crippen molar-refractivity contribution in [2.24, 2.45) is 10.7 Å². The molecule has 3 N–H and O–H groups in total. The lowest BCUT2D eigenvalue weighted by Crippen LogP contribution is -2.23. The monoisotopic (exact) mass is 545 g/mol. The number of guanidine groups is 1. The quantitative estimate of drug-likeness (QED) is 0.189. The van der Waals surface area contributed by atoms with E-state index in [4.69, 9.17) is 5.73 Å². The summed E-state index contributed by atoms with van der Waals surface area (Å²) >= 11 is 0. The highest BCUT2D eigenvalue weighted by Crippen LogP contribution is 2.23. The number of nitrogens with two attached hydrogens (primary N) is 1. The van der Waals surface area contributed by atoms with Gasteiger partial charge in [-0.05, 0) is 61.7 Å². The van der Waals surface area contributed by atoms with Gasteiger partial charge in [-0.15, -0.1) is 37.1 Å². The van der Waals surface area contributed by atoms with Gasteiger partial charge in [-0.1, -0.05) is 18.2 Å². The molecule has 0 spiro atoms. The third kappa shape index (κ3) is 7.78. The molecule has 0 aliphatic carbocycles. The van der Waals surface area contributed by atoms with Crippen molar-refractivity contribution < 1.29 is 17.9 Å². The second-order valence-electron chi connectivity index (χ2n) is 6.59. The number of halogens is 4. The molecule has 0 aliphatic heterocycles. The lowest BCUT2D eigenvalue weighted by molar-refractivity contribution is -0.274. The van der Waals surface area contributed by atoms with Gasteiger partial charge >= 0.3 is 6.36 Å². The number of nitrogens with zero attached hydrogens (tertiary/aromatic N) is 3. The highest BCUT2D eigenvalue weighted by Gasteiger charge is 2.30. The summed E-state index contributed by atoms with van der Waals surface area (Å²) < 4.78 is 42.2. The molecule has 0 atom stereocenters. The smallest absolute Gasteiger partial charge is 0.406 e. The number of hydrogen-bond donors (Lipinski definition) is 2. The SMILES string of the molecule is Cc1nn(-c2ccccc2)cc1CCCN=C(N)Nc1ccc(OC(F)(F)F)cc1.I. The molecule has 3 aromatic rings. The summed E-state index contributed by atoms with van der Waals surface area (Å²) in [5, 5.41) is 7.39. The van der Waals surface area contributed by atoms with E-state index in [1.165, 1.54) is 24.3 Å². The number of rotatable bonds is 7. The molecule has 6 nitrogen and oxygen atoms in total. The topological polar surface area (TPSA) is 77.5 Å². The molecule has 0 radical (unpaired) electrons. The van der Waals surface area contributed by atoms with Gasteiger partial charge in [-0.2, -0.15) is 5.10 Å². The standard InChI is InChI=1S/C21H22F3N5O.HI/c1-15-16(14-29(28-15)18-7-3-2-4-8-18)6-5-13-26-20(25)27-17-9-11-19(12-10-17)30-21(22,23)24;/h2-4,7-12,14H,5-6,13H2,1H3,(H3,25,26,27);1H. The van der Waals surface area contributed by atoms with Crippen LogP contribution in [0, 0.1) is 6.92 Å². The van der Waals surface area contributed by atoms with Crippen LogP contribution >= 0.6 is 24.0 Å². The Morgan fingerprint density at radius 2 is 1.81 bits per heavy atom. The summed E-state index contributed by atoms with van der Waals surface area (Å²) in [4.78, 5) is 4.26. The van der Waals surface area contributed by atoms with Gasteiger partial charge in [0.25, 0.3) is 0 Å². The summed E-state index contributed by atoms with van der Waals surface area (Å²) in [6, 6.07) is 15.2. The van der Waals surface area contributed by atoms with Crippen LogP contribution in [0.15, 0.2) is 65.8 Å². The second kappa shape index (κ2) is 11.0. The maximum atomic E-state index is 12.2. The number of aryl methyl sites for hydroxylation is 2. The van der Waals surface area contributed by atoms with Crippen molar-refractivity contribution in [2.45, 2.75) is 26.1 Å². The second-order valence-corrected chi connectivity index (χ2v) is 6.59. The fourth-order valence-electron chi connectivity index (χ4n) is 2.85. The normalized spacial score (nSPS) is 11.7. The molecule has 31 heavy (non-hydrogen) atoms. The lowest BCUT2D eigenvalue weighted by Gasteiger charge is -2.10. The fourth-order valence-corrected chi connectivity index (χ4v) is 2.85. The molecule has 1 heterocycles. The summed E-state index contributed by atoms with van der Waals surface area (Å²) in [7, 11) is 0. The minimum Gasteiger partial charge on any atom is -0.406 e. The van der Waals surface area contributed by atoms with Gasteiger partial charge in [-0.3, -0.25) is 4.99 Å². The van der Waals surface area contributed by atoms with Crippen LogP contribution in [0.3, 0.4) is 0 Å². The predicted octanol–water partition coefficient (Wildman–Crippen LogP) is 5.06. The van der Waals surface area contributed by atoms with E-state index in [0.717, 1.165) is 29.8 Å². The zero-order valence-corrected chi connectivity index (χ0v) is 19.1. The molecule has 0 bridgehead atoms. The highest BCUT2D eigenvalue weighted by molar-refractivity contribution is 14.0. The van der Waals surface area contributed by atoms with E-state index in [9.17, 15) is 13.2 Å². The van der Waals surface area contributed by atoms with Gasteiger partial charge in [0.05, 0.1) is 11.4 Å². The van der Waals surface area contributed by atoms with Crippen LogP contribution in [0.1, 0.15) is 17.7 Å². The Bertz CT molecular complexity index is 988. The molecule has 0 fully saturated rings. The molecule has 0 saturated heterocycles. The van der Waals surface area contributed by atoms with Gasteiger partial charge in [0.2, 0.25) is 0 Å². The summed E-state index contributed by atoms with van der Waals surface area (Å²) in [6.45, 7) is 2.48. The van der Waals surface area contributed by atoms with Crippen molar-refractivity contribution in [3.8, 4) is 11.4 Å². The van der Waals surface area contributed by atoms with Gasteiger partial charge in [0.15, 0.2) is 5.96 Å². The Labute approximate surface area is 195 Å². The molecule has 0 unspecified atom stereocenters. The Hall–Kier alpha value is -2.76. The molecule has 0 aliphatic rings. The minimum atomic E-state index is -4.72. The largest absolute Gasteiger partial charge is 0.573 e. The van der Waals surface area contributed by atoms with E-state index in [0.29, 0.717) is 12.2 Å². The first-order valence-electron chi connectivity index (χ1n) is 9.33. The molecule has 10 heteroatoms. The van der Waals surface area contributed by atoms with Crippen molar-refractivity contribution in [3.05, 3.63) is 72.1 Å². The Kier molecular flexibility index (Phi) is 8.72. The van der Waals surface area contributed by atoms with Gasteiger partial charge in [0.1, 0.15) is 5.75 Å². The summed E-state index contributed by atoms with van der Waals surface area (Å²) in [6.07, 6.45) is -1.12. The first kappa shape index (κ1) is 24.5. The number of aliphatic imine (C=N–C) groups is 1. The Morgan fingerprint density at radius 1 is 1.13 bits per heavy atom. The predicted molar refractivity (Wildman–Crippen MR) is 125 cm³/mol. The molecule has 1 aromatic heterocycles. The zero-order valence-electron chi connectivity index (χ0n) is 16.8. The van der Waals surface area contributed by atoms with E-state index in [2.05, 4.69) is 20.1 Å². The molecule has 166 valence electrons. The number of anilines is 1. The van der Waals surface area contributed by atoms with Crippen LogP contribution in [0.2, 0.25) is 0 Å². The van der Waals surface area contributed by atoms with E-state index < -0.39 is 6.36 Å². The third-order valence-corrected chi connectivity index (χ3v) is 4.27. The molecule has 2 aromatic carbocycles. The zero-order chi connectivity index (χ0) is 21.6. The molecule has 3 rings (SSSR count). The molecular weight excluding hydrogens is 522 g/mol. The first-order chi connectivity index (χ1) is 14.3. The summed E-state index contributed by atoms with van der Waals surface area (Å²) in [5.41, 5.74) is 9.48. The third-order valence-electron chi connectivity index (χ3n) is 4.27. The molecule has 0 saturated carbocycles. The molecule has 0 amide bonds. The van der Waals surface area contributed by atoms with Crippen molar-refractivity contribution in [1.29, 1.82) is 0 Å².